The number of carbonyl (C=O) groups is 5. The van der Waals surface area contributed by atoms with Crippen molar-refractivity contribution in [2.75, 3.05) is 67.5 Å². The Balaban J connectivity index is 0.759. The summed E-state index contributed by atoms with van der Waals surface area (Å²) in [5, 5.41) is 18.7. The fraction of sp³-hybridized carbons (Fsp3) is 0.463. The second kappa shape index (κ2) is 15.7. The number of aromatic nitrogens is 2. The van der Waals surface area contributed by atoms with Crippen LogP contribution in [0, 0.1) is 22.7 Å². The van der Waals surface area contributed by atoms with E-state index in [0.29, 0.717) is 54.4 Å². The van der Waals surface area contributed by atoms with Crippen LogP contribution in [-0.2, 0) is 9.59 Å². The number of nitriles is 1. The van der Waals surface area contributed by atoms with Gasteiger partial charge in [0.2, 0.25) is 17.6 Å². The van der Waals surface area contributed by atoms with E-state index < -0.39 is 29.7 Å². The Bertz CT molecular complexity index is 2150. The number of imide groups is 2. The second-order valence-corrected chi connectivity index (χ2v) is 16.4. The first-order chi connectivity index (χ1) is 27.5. The summed E-state index contributed by atoms with van der Waals surface area (Å²) in [6.45, 7) is 8.19. The Morgan fingerprint density at radius 2 is 1.75 bits per heavy atom. The molecule has 296 valence electrons. The zero-order valence-corrected chi connectivity index (χ0v) is 32.6. The molecule has 1 spiro atoms. The monoisotopic (exact) mass is 792 g/mol. The lowest BCUT2D eigenvalue weighted by Gasteiger charge is -2.40. The number of fused-ring (bicyclic) bond motifs is 1. The molecule has 4 fully saturated rings. The Hall–Kier alpha value is -5.59. The van der Waals surface area contributed by atoms with Gasteiger partial charge < -0.3 is 25.3 Å². The molecule has 3 atom stereocenters. The minimum Gasteiger partial charge on any atom is -0.384 e. The summed E-state index contributed by atoms with van der Waals surface area (Å²) in [6.07, 6.45) is 7.79. The third-order valence-electron chi connectivity index (χ3n) is 12.3. The normalized spacial score (nSPS) is 22.9. The van der Waals surface area contributed by atoms with Gasteiger partial charge >= 0.3 is 0 Å². The number of nitrogens with one attached hydrogen (secondary N) is 3. The molecule has 3 N–H and O–H groups in total. The van der Waals surface area contributed by atoms with Crippen molar-refractivity contribution in [1.82, 2.24) is 30.4 Å². The van der Waals surface area contributed by atoms with Crippen LogP contribution >= 0.6 is 11.6 Å². The predicted octanol–water partition coefficient (Wildman–Crippen LogP) is 3.45. The average Bonchev–Trinajstić information content (AvgIpc) is 3.88. The molecule has 15 nitrogen and oxygen atoms in total. The first kappa shape index (κ1) is 38.3. The van der Waals surface area contributed by atoms with Gasteiger partial charge in [0.1, 0.15) is 12.1 Å². The van der Waals surface area contributed by atoms with Crippen LogP contribution in [0.4, 0.5) is 17.1 Å². The number of piperidine rings is 2. The lowest BCUT2D eigenvalue weighted by Crippen LogP contribution is -2.54. The van der Waals surface area contributed by atoms with Gasteiger partial charge in [-0.1, -0.05) is 11.6 Å². The molecule has 0 aliphatic carbocycles. The number of likely N-dealkylation sites (tertiary alicyclic amines) is 1. The maximum absolute atomic E-state index is 13.3. The van der Waals surface area contributed by atoms with Gasteiger partial charge in [-0.15, -0.1) is 0 Å². The maximum atomic E-state index is 13.3. The molecule has 5 aliphatic rings. The summed E-state index contributed by atoms with van der Waals surface area (Å²) in [6, 6.07) is 12.2. The lowest BCUT2D eigenvalue weighted by atomic mass is 9.76. The zero-order valence-electron chi connectivity index (χ0n) is 31.8. The van der Waals surface area contributed by atoms with Crippen LogP contribution in [0.5, 0.6) is 0 Å². The third kappa shape index (κ3) is 7.63. The van der Waals surface area contributed by atoms with Crippen LogP contribution in [0.3, 0.4) is 0 Å². The number of benzene rings is 2. The van der Waals surface area contributed by atoms with Crippen LogP contribution < -0.4 is 25.8 Å². The van der Waals surface area contributed by atoms with Gasteiger partial charge in [-0.25, -0.2) is 9.97 Å². The minimum absolute atomic E-state index is 0.0725. The van der Waals surface area contributed by atoms with Crippen molar-refractivity contribution in [3.8, 4) is 6.07 Å². The molecule has 5 amide bonds. The van der Waals surface area contributed by atoms with Crippen molar-refractivity contribution in [2.45, 2.75) is 57.5 Å². The molecule has 1 aromatic heterocycles. The summed E-state index contributed by atoms with van der Waals surface area (Å²) in [5.41, 5.74) is 3.84. The molecule has 57 heavy (non-hydrogen) atoms. The number of hydrogen-bond donors (Lipinski definition) is 3. The van der Waals surface area contributed by atoms with E-state index in [9.17, 15) is 29.2 Å². The summed E-state index contributed by atoms with van der Waals surface area (Å²) in [4.78, 5) is 79.8. The van der Waals surface area contributed by atoms with Gasteiger partial charge in [0, 0.05) is 69.7 Å². The van der Waals surface area contributed by atoms with E-state index in [-0.39, 0.29) is 41.1 Å². The Morgan fingerprint density at radius 1 is 0.982 bits per heavy atom. The maximum Gasteiger partial charge on any atom is 0.291 e. The highest BCUT2D eigenvalue weighted by Crippen LogP contribution is 2.46. The highest BCUT2D eigenvalue weighted by Gasteiger charge is 2.46. The predicted molar refractivity (Wildman–Crippen MR) is 212 cm³/mol. The smallest absolute Gasteiger partial charge is 0.291 e. The topological polar surface area (TPSA) is 184 Å². The van der Waals surface area contributed by atoms with Gasteiger partial charge in [-0.05, 0) is 93.3 Å². The number of nitrogens with zero attached hydrogens (tertiary/aromatic N) is 7. The number of rotatable bonds is 10. The number of hydrogen-bond acceptors (Lipinski definition) is 12. The van der Waals surface area contributed by atoms with Gasteiger partial charge in [-0.2, -0.15) is 5.26 Å². The highest BCUT2D eigenvalue weighted by molar-refractivity contribution is 6.32. The third-order valence-corrected chi connectivity index (χ3v) is 12.6. The van der Waals surface area contributed by atoms with E-state index in [4.69, 9.17) is 11.6 Å². The van der Waals surface area contributed by atoms with Crippen LogP contribution in [0.25, 0.3) is 0 Å². The molecule has 5 aliphatic heterocycles. The van der Waals surface area contributed by atoms with Crippen molar-refractivity contribution in [3.63, 3.8) is 0 Å². The Morgan fingerprint density at radius 3 is 2.49 bits per heavy atom. The SMILES string of the molecule is C[C@H]1CC2(CCN(c3cnc(C(=O)N4CC[C@@H](CNCCNc5ccc6c(c5)C(=O)N(C5CCC(=O)NC5=O)C6=O)C4)nc3)CC2)CN1c1ccc(C#N)c(Cl)c1. The average molecular weight is 793 g/mol. The standard InChI is InChI=1S/C41H45ClN10O5/c1-25-18-41(24-51(25)29-4-2-27(19-43)33(42)17-29)9-14-49(15-10-41)30-21-46-36(47-22-30)40(57)50-13-8-26(23-50)20-44-11-12-45-28-3-5-31-32(16-28)39(56)52(38(31)55)34-6-7-35(53)48-37(34)54/h2-5,16-17,21-22,25-26,34,44-45H,6-15,18,20,23-24H2,1H3,(H,48,53,54)/t25-,26-,34?/m0/s1. The molecule has 1 unspecified atom stereocenters. The molecule has 16 heteroatoms. The van der Waals surface area contributed by atoms with Crippen molar-refractivity contribution in [3.05, 3.63) is 76.3 Å². The molecule has 0 bridgehead atoms. The van der Waals surface area contributed by atoms with Crippen LogP contribution in [0.15, 0.2) is 48.8 Å². The molecule has 8 rings (SSSR count). The molecular formula is C41H45ClN10O5. The fourth-order valence-electron chi connectivity index (χ4n) is 9.14. The summed E-state index contributed by atoms with van der Waals surface area (Å²) >= 11 is 6.36. The fourth-order valence-corrected chi connectivity index (χ4v) is 9.36. The van der Waals surface area contributed by atoms with Crippen molar-refractivity contribution < 1.29 is 24.0 Å². The number of carbonyl (C=O) groups excluding carboxylic acids is 5. The molecule has 0 radical (unpaired) electrons. The van der Waals surface area contributed by atoms with Crippen LogP contribution in [0.2, 0.25) is 5.02 Å². The first-order valence-electron chi connectivity index (χ1n) is 19.7. The Labute approximate surface area is 335 Å². The molecule has 2 aromatic carbocycles. The molecular weight excluding hydrogens is 748 g/mol. The van der Waals surface area contributed by atoms with E-state index in [1.54, 1.807) is 36.7 Å². The number of amides is 5. The molecule has 4 saturated heterocycles. The Kier molecular flexibility index (Phi) is 10.6. The molecule has 6 heterocycles. The summed E-state index contributed by atoms with van der Waals surface area (Å²) in [7, 11) is 0. The van der Waals surface area contributed by atoms with Gasteiger partial charge in [0.05, 0.1) is 39.8 Å². The van der Waals surface area contributed by atoms with Crippen LogP contribution in [-0.4, -0.2) is 114 Å². The van der Waals surface area contributed by atoms with Crippen molar-refractivity contribution in [2.24, 2.45) is 11.3 Å². The van der Waals surface area contributed by atoms with E-state index in [1.165, 1.54) is 0 Å². The van der Waals surface area contributed by atoms with E-state index in [1.807, 2.05) is 17.0 Å². The van der Waals surface area contributed by atoms with Gasteiger partial charge in [-0.3, -0.25) is 34.2 Å². The zero-order chi connectivity index (χ0) is 39.8. The van der Waals surface area contributed by atoms with Crippen LogP contribution in [0.1, 0.15) is 82.3 Å². The number of halogens is 1. The number of anilines is 3. The largest absolute Gasteiger partial charge is 0.384 e. The summed E-state index contributed by atoms with van der Waals surface area (Å²) < 4.78 is 0. The lowest BCUT2D eigenvalue weighted by molar-refractivity contribution is -0.136. The quantitative estimate of drug-likeness (QED) is 0.201. The first-order valence-corrected chi connectivity index (χ1v) is 20.0. The van der Waals surface area contributed by atoms with Gasteiger partial charge in [0.25, 0.3) is 17.7 Å². The van der Waals surface area contributed by atoms with E-state index in [0.717, 1.165) is 68.1 Å². The highest BCUT2D eigenvalue weighted by atomic mass is 35.5. The van der Waals surface area contributed by atoms with Crippen molar-refractivity contribution in [1.29, 1.82) is 5.26 Å². The van der Waals surface area contributed by atoms with Gasteiger partial charge in [0.15, 0.2) is 0 Å². The molecule has 3 aromatic rings. The van der Waals surface area contributed by atoms with E-state index in [2.05, 4.69) is 48.7 Å². The second-order valence-electron chi connectivity index (χ2n) is 16.0. The summed E-state index contributed by atoms with van der Waals surface area (Å²) in [5.74, 6) is -1.77. The van der Waals surface area contributed by atoms with Crippen molar-refractivity contribution >= 4 is 58.2 Å². The molecule has 0 saturated carbocycles. The minimum atomic E-state index is -0.997. The van der Waals surface area contributed by atoms with E-state index >= 15 is 0 Å².